The summed E-state index contributed by atoms with van der Waals surface area (Å²) < 4.78 is 0. The van der Waals surface area contributed by atoms with E-state index in [1.807, 2.05) is 23.5 Å². The minimum atomic E-state index is 1.000. The van der Waals surface area contributed by atoms with Gasteiger partial charge >= 0.3 is 0 Å². The molecule has 2 nitrogen and oxygen atoms in total. The summed E-state index contributed by atoms with van der Waals surface area (Å²) in [5.74, 6) is 0. The van der Waals surface area contributed by atoms with Crippen molar-refractivity contribution in [2.75, 3.05) is 9.80 Å². The van der Waals surface area contributed by atoms with Gasteiger partial charge in [-0.15, -0.1) is 0 Å². The third-order valence-electron chi connectivity index (χ3n) is 15.2. The van der Waals surface area contributed by atoms with Crippen LogP contribution in [0.1, 0.15) is 17.5 Å². The summed E-state index contributed by atoms with van der Waals surface area (Å²) in [4.78, 5) is 9.95. The molecule has 74 heavy (non-hydrogen) atoms. The van der Waals surface area contributed by atoms with Crippen LogP contribution in [0.2, 0.25) is 0 Å². The monoisotopic (exact) mass is 978 g/mol. The van der Waals surface area contributed by atoms with E-state index < -0.39 is 0 Å². The van der Waals surface area contributed by atoms with Crippen molar-refractivity contribution < 1.29 is 0 Å². The van der Waals surface area contributed by atoms with Crippen molar-refractivity contribution in [3.63, 3.8) is 0 Å². The number of hydrogen-bond donors (Lipinski definition) is 0. The molecule has 3 aliphatic rings. The van der Waals surface area contributed by atoms with Gasteiger partial charge in [0.25, 0.3) is 0 Å². The van der Waals surface area contributed by atoms with Crippen LogP contribution in [0, 0.1) is 0 Å². The summed E-state index contributed by atoms with van der Waals surface area (Å²) in [7, 11) is 0. The maximum absolute atomic E-state index is 2.54. The van der Waals surface area contributed by atoms with Gasteiger partial charge in [0, 0.05) is 31.0 Å². The fourth-order valence-electron chi connectivity index (χ4n) is 11.9. The molecule has 2 heterocycles. The molecule has 0 aromatic heterocycles. The van der Waals surface area contributed by atoms with E-state index in [-0.39, 0.29) is 0 Å². The van der Waals surface area contributed by atoms with Crippen LogP contribution in [0.25, 0.3) is 82.9 Å². The second-order valence-corrected chi connectivity index (χ2v) is 21.6. The fraction of sp³-hybridized carbons (Fsp3) is 0.0286. The highest BCUT2D eigenvalue weighted by molar-refractivity contribution is 8.00. The lowest BCUT2D eigenvalue weighted by molar-refractivity contribution is 0.987. The Kier molecular flexibility index (Phi) is 10.2. The maximum Gasteiger partial charge on any atom is 0.0601 e. The third-order valence-corrected chi connectivity index (χ3v) is 17.5. The number of anilines is 6. The molecule has 0 saturated heterocycles. The predicted molar refractivity (Wildman–Crippen MR) is 316 cm³/mol. The van der Waals surface area contributed by atoms with Gasteiger partial charge in [0.15, 0.2) is 0 Å². The zero-order valence-corrected chi connectivity index (χ0v) is 42.0. The van der Waals surface area contributed by atoms with Crippen molar-refractivity contribution in [1.82, 2.24) is 0 Å². The zero-order valence-electron chi connectivity index (χ0n) is 40.4. The molecular weight excluding hydrogens is 933 g/mol. The molecule has 0 fully saturated rings. The molecule has 12 aromatic rings. The second kappa shape index (κ2) is 17.6. The van der Waals surface area contributed by atoms with Crippen LogP contribution in [0.3, 0.4) is 0 Å². The molecule has 0 amide bonds. The lowest BCUT2D eigenvalue weighted by Gasteiger charge is -2.34. The number of para-hydroxylation sites is 4. The van der Waals surface area contributed by atoms with Gasteiger partial charge in [-0.3, -0.25) is 0 Å². The highest BCUT2D eigenvalue weighted by Gasteiger charge is 2.30. The van der Waals surface area contributed by atoms with Crippen LogP contribution < -0.4 is 9.80 Å². The SMILES string of the molecule is C1=Cc2cc(-c3ccccc3)c(-c3c4ccc(N5c6ccccc6Sc6ccccc65)cc4c(-c4cc5ccccc5cc4-c4ccccc4)c4ccc(N5c6ccccc6Sc6ccccc65)cc34)cc2CC1. The lowest BCUT2D eigenvalue weighted by Crippen LogP contribution is -2.15. The topological polar surface area (TPSA) is 6.48 Å². The number of fused-ring (bicyclic) bond motifs is 8. The normalized spacial score (nSPS) is 13.4. The summed E-state index contributed by atoms with van der Waals surface area (Å²) in [6.07, 6.45) is 6.69. The smallest absolute Gasteiger partial charge is 0.0601 e. The van der Waals surface area contributed by atoms with Crippen LogP contribution in [0.5, 0.6) is 0 Å². The van der Waals surface area contributed by atoms with Gasteiger partial charge in [-0.2, -0.15) is 0 Å². The van der Waals surface area contributed by atoms with Crippen molar-refractivity contribution in [1.29, 1.82) is 0 Å². The summed E-state index contributed by atoms with van der Waals surface area (Å²) in [5, 5.41) is 7.28. The standard InChI is InChI=1S/C70H46N2S2/c1-3-19-45(20-4-1)55-39-47-23-7-9-25-49(47)41-57(55)69-53-37-35-52(72-63-29-13-17-33-67(63)74-68-34-18-14-30-64(68)72)44-60(53)70(58-42-50-26-10-8-24-48(50)40-56(58)46-21-5-2-6-22-46)54-38-36-51(43-59(54)69)71-61-27-11-15-31-65(61)73-66-32-16-12-28-62(66)71/h1-9,11-25,27-44H,10,26H2. The quantitative estimate of drug-likeness (QED) is 0.153. The van der Waals surface area contributed by atoms with Gasteiger partial charge in [0.2, 0.25) is 0 Å². The van der Waals surface area contributed by atoms with E-state index >= 15 is 0 Å². The highest BCUT2D eigenvalue weighted by atomic mass is 32.2. The maximum atomic E-state index is 2.54. The minimum absolute atomic E-state index is 1.000. The zero-order chi connectivity index (χ0) is 48.7. The first kappa shape index (κ1) is 43.1. The van der Waals surface area contributed by atoms with Crippen LogP contribution in [-0.4, -0.2) is 0 Å². The van der Waals surface area contributed by atoms with Crippen LogP contribution in [-0.2, 0) is 6.42 Å². The Balaban J connectivity index is 1.12. The first-order valence-electron chi connectivity index (χ1n) is 25.5. The Hall–Kier alpha value is -8.54. The average molecular weight is 979 g/mol. The second-order valence-electron chi connectivity index (χ2n) is 19.5. The summed E-state index contributed by atoms with van der Waals surface area (Å²) in [6, 6.07) is 90.9. The molecule has 15 rings (SSSR count). The number of hydrogen-bond acceptors (Lipinski definition) is 4. The summed E-state index contributed by atoms with van der Waals surface area (Å²) in [5.41, 5.74) is 19.5. The number of benzene rings is 12. The van der Waals surface area contributed by atoms with E-state index in [1.54, 1.807) is 0 Å². The minimum Gasteiger partial charge on any atom is -0.308 e. The summed E-state index contributed by atoms with van der Waals surface area (Å²) in [6.45, 7) is 0. The predicted octanol–water partition coefficient (Wildman–Crippen LogP) is 20.6. The van der Waals surface area contributed by atoms with Gasteiger partial charge < -0.3 is 9.80 Å². The van der Waals surface area contributed by atoms with Crippen LogP contribution in [0.4, 0.5) is 34.1 Å². The van der Waals surface area contributed by atoms with E-state index in [4.69, 9.17) is 0 Å². The molecule has 0 spiro atoms. The average Bonchev–Trinajstić information content (AvgIpc) is 3.47. The molecule has 4 heteroatoms. The Bertz CT molecular complexity index is 4180. The first-order chi connectivity index (χ1) is 36.7. The number of aryl methyl sites for hydroxylation is 1. The van der Waals surface area contributed by atoms with E-state index in [0.29, 0.717) is 0 Å². The molecule has 0 bridgehead atoms. The Morgan fingerprint density at radius 3 is 1.22 bits per heavy atom. The molecule has 1 aliphatic carbocycles. The molecule has 0 unspecified atom stereocenters. The molecule has 0 atom stereocenters. The first-order valence-corrected chi connectivity index (χ1v) is 27.2. The number of rotatable bonds is 6. The molecule has 348 valence electrons. The Morgan fingerprint density at radius 2 is 0.730 bits per heavy atom. The molecule has 0 N–H and O–H groups in total. The Morgan fingerprint density at radius 1 is 0.324 bits per heavy atom. The summed E-state index contributed by atoms with van der Waals surface area (Å²) >= 11 is 3.70. The van der Waals surface area contributed by atoms with Crippen molar-refractivity contribution in [2.45, 2.75) is 32.4 Å². The number of allylic oxidation sites excluding steroid dienone is 1. The van der Waals surface area contributed by atoms with Crippen LogP contribution >= 0.6 is 23.5 Å². The Labute approximate surface area is 439 Å². The van der Waals surface area contributed by atoms with Crippen molar-refractivity contribution >= 4 is 96.0 Å². The lowest BCUT2D eigenvalue weighted by atomic mass is 9.80. The third kappa shape index (κ3) is 7.05. The largest absolute Gasteiger partial charge is 0.308 e. The fourth-order valence-corrected chi connectivity index (χ4v) is 14.0. The van der Waals surface area contributed by atoms with Crippen LogP contribution in [0.15, 0.2) is 268 Å². The van der Waals surface area contributed by atoms with Gasteiger partial charge in [-0.25, -0.2) is 0 Å². The van der Waals surface area contributed by atoms with Gasteiger partial charge in [0.05, 0.1) is 22.7 Å². The van der Waals surface area contributed by atoms with E-state index in [2.05, 4.69) is 265 Å². The molecule has 0 saturated carbocycles. The molecule has 12 aromatic carbocycles. The van der Waals surface area contributed by atoms with Gasteiger partial charge in [-0.05, 0) is 198 Å². The van der Waals surface area contributed by atoms with E-state index in [1.165, 1.54) is 130 Å². The van der Waals surface area contributed by atoms with Crippen molar-refractivity contribution in [3.05, 3.63) is 260 Å². The van der Waals surface area contributed by atoms with E-state index in [0.717, 1.165) is 24.2 Å². The number of nitrogens with zero attached hydrogens (tertiary/aromatic N) is 2. The van der Waals surface area contributed by atoms with Gasteiger partial charge in [-0.1, -0.05) is 181 Å². The highest BCUT2D eigenvalue weighted by Crippen LogP contribution is 2.56. The molecular formula is C70H46N2S2. The molecule has 0 radical (unpaired) electrons. The molecule has 2 aliphatic heterocycles. The van der Waals surface area contributed by atoms with Gasteiger partial charge in [0.1, 0.15) is 0 Å². The van der Waals surface area contributed by atoms with Crippen molar-refractivity contribution in [2.24, 2.45) is 0 Å². The van der Waals surface area contributed by atoms with Crippen molar-refractivity contribution in [3.8, 4) is 44.5 Å². The van der Waals surface area contributed by atoms with E-state index in [9.17, 15) is 0 Å².